The second kappa shape index (κ2) is 11.2. The third kappa shape index (κ3) is 5.65. The van der Waals surface area contributed by atoms with Gasteiger partial charge in [0.2, 0.25) is 5.78 Å². The molecule has 2 N–H and O–H groups in total. The molecular formula is C28H20ClN3O7. The van der Waals surface area contributed by atoms with Crippen LogP contribution in [0.5, 0.6) is 0 Å². The van der Waals surface area contributed by atoms with Crippen LogP contribution in [0.25, 0.3) is 11.0 Å². The van der Waals surface area contributed by atoms with Crippen molar-refractivity contribution in [2.75, 3.05) is 12.4 Å². The minimum atomic E-state index is -2.18. The van der Waals surface area contributed by atoms with E-state index in [1.54, 1.807) is 43.3 Å². The van der Waals surface area contributed by atoms with Gasteiger partial charge in [-0.3, -0.25) is 24.0 Å². The number of ketones is 3. The fourth-order valence-electron chi connectivity index (χ4n) is 3.86. The van der Waals surface area contributed by atoms with Crippen LogP contribution in [0.3, 0.4) is 0 Å². The third-order valence-electron chi connectivity index (χ3n) is 5.86. The largest absolute Gasteiger partial charge is 0.463 e. The molecule has 0 unspecified atom stereocenters. The highest BCUT2D eigenvalue weighted by atomic mass is 35.5. The number of esters is 1. The number of amides is 1. The van der Waals surface area contributed by atoms with E-state index in [1.165, 1.54) is 30.3 Å². The Labute approximate surface area is 226 Å². The van der Waals surface area contributed by atoms with Crippen LogP contribution in [0.15, 0.2) is 71.5 Å². The molecule has 11 heteroatoms. The SMILES string of the molecule is COC(=O)C(=O)[C@H](C(=O)C(=O)Nc1ccc(Cl)cc1C)c1nc2ccc(C(=O)c3ccccc3)cc2[nH]c1=O. The van der Waals surface area contributed by atoms with Crippen LogP contribution in [0.1, 0.15) is 33.1 Å². The van der Waals surface area contributed by atoms with Crippen molar-refractivity contribution in [1.29, 1.82) is 0 Å². The van der Waals surface area contributed by atoms with Gasteiger partial charge in [-0.15, -0.1) is 0 Å². The number of aromatic amines is 1. The highest BCUT2D eigenvalue weighted by Crippen LogP contribution is 2.22. The zero-order valence-electron chi connectivity index (χ0n) is 20.6. The number of ether oxygens (including phenoxy) is 1. The minimum Gasteiger partial charge on any atom is -0.463 e. The molecule has 1 atom stereocenters. The topological polar surface area (TPSA) is 152 Å². The highest BCUT2D eigenvalue weighted by molar-refractivity contribution is 6.52. The Morgan fingerprint density at radius 2 is 1.64 bits per heavy atom. The number of H-pyrrole nitrogens is 1. The van der Waals surface area contributed by atoms with E-state index in [0.29, 0.717) is 16.1 Å². The van der Waals surface area contributed by atoms with Gasteiger partial charge in [0.1, 0.15) is 11.6 Å². The van der Waals surface area contributed by atoms with Gasteiger partial charge in [0, 0.05) is 21.8 Å². The molecule has 0 radical (unpaired) electrons. The Hall–Kier alpha value is -4.96. The average molecular weight is 546 g/mol. The average Bonchev–Trinajstić information content (AvgIpc) is 2.94. The summed E-state index contributed by atoms with van der Waals surface area (Å²) in [6.07, 6.45) is 0. The lowest BCUT2D eigenvalue weighted by Crippen LogP contribution is -2.39. The number of aryl methyl sites for hydroxylation is 1. The third-order valence-corrected chi connectivity index (χ3v) is 6.10. The number of aromatic nitrogens is 2. The molecule has 0 bridgehead atoms. The molecule has 10 nitrogen and oxygen atoms in total. The minimum absolute atomic E-state index is 0.110. The number of methoxy groups -OCH3 is 1. The predicted octanol–water partition coefficient (Wildman–Crippen LogP) is 3.15. The number of rotatable bonds is 8. The monoisotopic (exact) mass is 545 g/mol. The van der Waals surface area contributed by atoms with E-state index < -0.39 is 40.6 Å². The number of fused-ring (bicyclic) bond motifs is 1. The normalized spacial score (nSPS) is 11.5. The Morgan fingerprint density at radius 1 is 0.923 bits per heavy atom. The molecule has 0 aliphatic rings. The predicted molar refractivity (Wildman–Crippen MR) is 142 cm³/mol. The van der Waals surface area contributed by atoms with Gasteiger partial charge in [-0.25, -0.2) is 9.78 Å². The fraction of sp³-hybridized carbons (Fsp3) is 0.107. The van der Waals surface area contributed by atoms with Gasteiger partial charge in [0.05, 0.1) is 18.1 Å². The van der Waals surface area contributed by atoms with Gasteiger partial charge in [-0.05, 0) is 48.9 Å². The molecular weight excluding hydrogens is 526 g/mol. The smallest absolute Gasteiger partial charge is 0.375 e. The van der Waals surface area contributed by atoms with E-state index in [-0.39, 0.29) is 28.1 Å². The maximum Gasteiger partial charge on any atom is 0.375 e. The second-order valence-corrected chi connectivity index (χ2v) is 8.88. The van der Waals surface area contributed by atoms with Gasteiger partial charge >= 0.3 is 5.97 Å². The molecule has 0 spiro atoms. The maximum absolute atomic E-state index is 13.2. The molecule has 1 heterocycles. The maximum atomic E-state index is 13.2. The molecule has 39 heavy (non-hydrogen) atoms. The van der Waals surface area contributed by atoms with E-state index in [2.05, 4.69) is 20.0 Å². The summed E-state index contributed by atoms with van der Waals surface area (Å²) in [5, 5.41) is 2.76. The zero-order valence-corrected chi connectivity index (χ0v) is 21.4. The highest BCUT2D eigenvalue weighted by Gasteiger charge is 2.40. The number of benzene rings is 3. The Morgan fingerprint density at radius 3 is 2.31 bits per heavy atom. The van der Waals surface area contributed by atoms with Gasteiger partial charge in [-0.1, -0.05) is 41.9 Å². The van der Waals surface area contributed by atoms with Crippen molar-refractivity contribution in [2.45, 2.75) is 12.8 Å². The van der Waals surface area contributed by atoms with Gasteiger partial charge < -0.3 is 15.0 Å². The van der Waals surface area contributed by atoms with Crippen LogP contribution in [-0.2, 0) is 23.9 Å². The van der Waals surface area contributed by atoms with Gasteiger partial charge in [0.25, 0.3) is 17.2 Å². The van der Waals surface area contributed by atoms with Crippen molar-refractivity contribution in [3.8, 4) is 0 Å². The zero-order chi connectivity index (χ0) is 28.3. The summed E-state index contributed by atoms with van der Waals surface area (Å²) in [7, 11) is 0.919. The molecule has 0 aliphatic carbocycles. The molecule has 0 saturated carbocycles. The Kier molecular flexibility index (Phi) is 7.78. The van der Waals surface area contributed by atoms with Crippen LogP contribution in [0.4, 0.5) is 5.69 Å². The number of Topliss-reactive ketones (excluding diaryl/α,β-unsaturated/α-hetero) is 2. The van der Waals surface area contributed by atoms with Crippen molar-refractivity contribution < 1.29 is 28.7 Å². The van der Waals surface area contributed by atoms with Crippen LogP contribution < -0.4 is 10.9 Å². The van der Waals surface area contributed by atoms with Crippen LogP contribution in [0.2, 0.25) is 5.02 Å². The summed E-state index contributed by atoms with van der Waals surface area (Å²) in [5.41, 5.74) is 0.0305. The molecule has 0 saturated heterocycles. The number of hydrogen-bond acceptors (Lipinski definition) is 8. The van der Waals surface area contributed by atoms with E-state index in [1.807, 2.05) is 0 Å². The number of anilines is 1. The van der Waals surface area contributed by atoms with Crippen LogP contribution in [-0.4, -0.2) is 46.3 Å². The molecule has 3 aromatic carbocycles. The van der Waals surface area contributed by atoms with Gasteiger partial charge in [-0.2, -0.15) is 0 Å². The van der Waals surface area contributed by atoms with Crippen molar-refractivity contribution >= 4 is 57.5 Å². The molecule has 4 aromatic rings. The summed E-state index contributed by atoms with van der Waals surface area (Å²) in [5.74, 6) is -8.01. The molecule has 196 valence electrons. The first kappa shape index (κ1) is 27.1. The summed E-state index contributed by atoms with van der Waals surface area (Å²) in [6.45, 7) is 1.63. The summed E-state index contributed by atoms with van der Waals surface area (Å²) in [6, 6.07) is 17.2. The van der Waals surface area contributed by atoms with Crippen molar-refractivity contribution in [3.05, 3.63) is 104 Å². The molecule has 0 aliphatic heterocycles. The number of carbonyl (C=O) groups is 5. The number of nitrogens with zero attached hydrogens (tertiary/aromatic N) is 1. The first-order valence-corrected chi connectivity index (χ1v) is 11.9. The Balaban J connectivity index is 1.73. The number of hydrogen-bond donors (Lipinski definition) is 2. The number of nitrogens with one attached hydrogen (secondary N) is 2. The summed E-state index contributed by atoms with van der Waals surface area (Å²) < 4.78 is 4.44. The quantitative estimate of drug-likeness (QED) is 0.148. The van der Waals surface area contributed by atoms with Crippen LogP contribution >= 0.6 is 11.6 Å². The molecule has 4 rings (SSSR count). The van der Waals surface area contributed by atoms with E-state index in [4.69, 9.17) is 11.6 Å². The lowest BCUT2D eigenvalue weighted by molar-refractivity contribution is -0.154. The van der Waals surface area contributed by atoms with Gasteiger partial charge in [0.15, 0.2) is 5.78 Å². The van der Waals surface area contributed by atoms with Crippen LogP contribution in [0, 0.1) is 6.92 Å². The van der Waals surface area contributed by atoms with E-state index in [0.717, 1.165) is 7.11 Å². The van der Waals surface area contributed by atoms with Crippen molar-refractivity contribution in [1.82, 2.24) is 9.97 Å². The summed E-state index contributed by atoms with van der Waals surface area (Å²) >= 11 is 5.92. The lowest BCUT2D eigenvalue weighted by atomic mass is 9.94. The molecule has 0 fully saturated rings. The second-order valence-electron chi connectivity index (χ2n) is 8.44. The fourth-order valence-corrected chi connectivity index (χ4v) is 4.09. The van der Waals surface area contributed by atoms with E-state index >= 15 is 0 Å². The lowest BCUT2D eigenvalue weighted by Gasteiger charge is -2.14. The number of halogens is 1. The van der Waals surface area contributed by atoms with Crippen molar-refractivity contribution in [3.63, 3.8) is 0 Å². The Bertz CT molecular complexity index is 1710. The first-order chi connectivity index (χ1) is 18.6. The number of carbonyl (C=O) groups excluding carboxylic acids is 5. The molecule has 1 amide bonds. The summed E-state index contributed by atoms with van der Waals surface area (Å²) in [4.78, 5) is 83.4. The first-order valence-electron chi connectivity index (χ1n) is 11.5. The standard InChI is InChI=1S/C28H20ClN3O7/c1-14-12-17(29)9-11-18(14)31-27(37)24(34)21(25(35)28(38)39-2)22-26(36)32-20-13-16(8-10-19(20)30-22)23(33)15-6-4-3-5-7-15/h3-13,21H,1-2H3,(H,31,37)(H,32,36)/t21-/m0/s1. The van der Waals surface area contributed by atoms with E-state index in [9.17, 15) is 28.8 Å². The van der Waals surface area contributed by atoms with Crippen molar-refractivity contribution in [2.24, 2.45) is 0 Å². The molecule has 1 aromatic heterocycles.